The maximum Gasteiger partial charge on any atom is 2.00 e. The first-order valence-electron chi connectivity index (χ1n) is 3.53. The van der Waals surface area contributed by atoms with Gasteiger partial charge in [0.05, 0.1) is 0 Å². The monoisotopic (exact) mass is 326 g/mol. The van der Waals surface area contributed by atoms with E-state index in [9.17, 15) is 9.59 Å². The molecule has 0 fully saturated rings. The van der Waals surface area contributed by atoms with E-state index in [-0.39, 0.29) is 93.2 Å². The first-order valence-corrected chi connectivity index (χ1v) is 5.09. The van der Waals surface area contributed by atoms with E-state index in [1.54, 1.807) is 6.92 Å². The van der Waals surface area contributed by atoms with Crippen molar-refractivity contribution in [2.24, 2.45) is 0 Å². The quantitative estimate of drug-likeness (QED) is 0.258. The number of phosphoric acid groups is 1. The molecule has 17 heavy (non-hydrogen) atoms. The molecule has 0 aliphatic rings. The summed E-state index contributed by atoms with van der Waals surface area (Å²) in [5.41, 5.74) is -0.0903. The number of aliphatic carboxylic acids is 2. The zero-order valence-corrected chi connectivity index (χ0v) is 14.4. The molecule has 0 rings (SSSR count). The molecule has 0 bridgehead atoms. The van der Waals surface area contributed by atoms with Gasteiger partial charge in [-0.3, -0.25) is 0 Å². The average Bonchev–Trinajstić information content (AvgIpc) is 1.95. The number of carboxylic acid groups (broad SMARTS) is 2. The predicted octanol–water partition coefficient (Wildman–Crippen LogP) is -0.748. The van der Waals surface area contributed by atoms with Crippen LogP contribution < -0.4 is 0 Å². The third-order valence-corrected chi connectivity index (χ3v) is 0.953. The van der Waals surface area contributed by atoms with Gasteiger partial charge in [-0.25, -0.2) is 14.2 Å². The van der Waals surface area contributed by atoms with Crippen molar-refractivity contribution >= 4 is 95.2 Å². The zero-order chi connectivity index (χ0) is 12.6. The SMILES string of the molecule is CC/C(=C\C(=O)O)C(=O)O.O=P(O)(O)O.[Ca+2].[Ca+2].[H-].[H-].[H-].[H-]. The molecule has 8 nitrogen and oxygen atoms in total. The molecule has 0 radical (unpaired) electrons. The summed E-state index contributed by atoms with van der Waals surface area (Å²) >= 11 is 0. The smallest absolute Gasteiger partial charge is 1.00 e. The fraction of sp³-hybridized carbons (Fsp3) is 0.333. The van der Waals surface area contributed by atoms with Crippen LogP contribution in [0.1, 0.15) is 19.1 Å². The summed E-state index contributed by atoms with van der Waals surface area (Å²) in [4.78, 5) is 41.6. The molecule has 0 amide bonds. The van der Waals surface area contributed by atoms with Gasteiger partial charge in [0.1, 0.15) is 0 Å². The Labute approximate surface area is 163 Å². The third kappa shape index (κ3) is 31.7. The number of hydrogen-bond donors (Lipinski definition) is 5. The van der Waals surface area contributed by atoms with Crippen LogP contribution in [0.15, 0.2) is 11.6 Å². The molecule has 0 heterocycles. The summed E-state index contributed by atoms with van der Waals surface area (Å²) in [5, 5.41) is 16.4. The van der Waals surface area contributed by atoms with Crippen LogP contribution in [0.2, 0.25) is 0 Å². The van der Waals surface area contributed by atoms with Gasteiger partial charge in [-0.15, -0.1) is 0 Å². The van der Waals surface area contributed by atoms with E-state index in [1.165, 1.54) is 0 Å². The van der Waals surface area contributed by atoms with Crippen molar-refractivity contribution in [3.8, 4) is 0 Å². The molecule has 11 heteroatoms. The predicted molar refractivity (Wildman–Crippen MR) is 63.9 cm³/mol. The number of hydrogen-bond acceptors (Lipinski definition) is 3. The van der Waals surface area contributed by atoms with Gasteiger partial charge < -0.3 is 30.6 Å². The van der Waals surface area contributed by atoms with Crippen molar-refractivity contribution in [3.63, 3.8) is 0 Å². The van der Waals surface area contributed by atoms with Crippen molar-refractivity contribution in [1.82, 2.24) is 0 Å². The molecule has 0 atom stereocenters. The molecule has 0 aliphatic carbocycles. The van der Waals surface area contributed by atoms with E-state index in [4.69, 9.17) is 29.5 Å². The summed E-state index contributed by atoms with van der Waals surface area (Å²) < 4.78 is 8.88. The molecule has 0 saturated carbocycles. The van der Waals surface area contributed by atoms with E-state index in [1.807, 2.05) is 0 Å². The van der Waals surface area contributed by atoms with Gasteiger partial charge >= 0.3 is 95.2 Å². The molecule has 0 unspecified atom stereocenters. The van der Waals surface area contributed by atoms with Gasteiger partial charge in [0.15, 0.2) is 0 Å². The van der Waals surface area contributed by atoms with Crippen LogP contribution in [-0.4, -0.2) is 112 Å². The minimum absolute atomic E-state index is 0. The summed E-state index contributed by atoms with van der Waals surface area (Å²) in [7, 11) is -4.64. The van der Waals surface area contributed by atoms with E-state index in [0.717, 1.165) is 0 Å². The van der Waals surface area contributed by atoms with Crippen LogP contribution in [0.5, 0.6) is 0 Å². The maximum atomic E-state index is 10.1. The summed E-state index contributed by atoms with van der Waals surface area (Å²) in [6.45, 7) is 1.59. The van der Waals surface area contributed by atoms with Gasteiger partial charge in [-0.05, 0) is 6.42 Å². The van der Waals surface area contributed by atoms with Crippen LogP contribution in [0.25, 0.3) is 0 Å². The van der Waals surface area contributed by atoms with Crippen molar-refractivity contribution in [2.45, 2.75) is 13.3 Å². The molecule has 0 saturated heterocycles. The second-order valence-corrected chi connectivity index (χ2v) is 3.21. The average molecular weight is 326 g/mol. The molecule has 5 N–H and O–H groups in total. The molecule has 0 aromatic heterocycles. The number of rotatable bonds is 3. The Morgan fingerprint density at radius 2 is 1.47 bits per heavy atom. The standard InChI is InChI=1S/C6H8O4.2Ca.H3O4P.4H/c1-2-4(6(9)10)3-5(7)8;;;1-5(2,3)4;;;;/h3H,2H2,1H3,(H,7,8)(H,9,10);;;(H3,1,2,3,4);;;;/q;2*+2;;4*-1/b4-3+;;;;;;;. The Morgan fingerprint density at radius 1 is 1.18 bits per heavy atom. The second-order valence-electron chi connectivity index (χ2n) is 2.18. The minimum atomic E-state index is -4.64. The molecule has 96 valence electrons. The summed E-state index contributed by atoms with van der Waals surface area (Å²) in [6.07, 6.45) is 0.921. The molecular weight excluding hydrogens is 311 g/mol. The Bertz CT molecular complexity index is 316. The molecular formula is C6H15Ca2O8P. The largest absolute Gasteiger partial charge is 2.00 e. The van der Waals surface area contributed by atoms with Crippen LogP contribution in [0.3, 0.4) is 0 Å². The third-order valence-electron chi connectivity index (χ3n) is 0.953. The molecule has 0 aromatic carbocycles. The van der Waals surface area contributed by atoms with Crippen molar-refractivity contribution < 1.29 is 44.8 Å². The van der Waals surface area contributed by atoms with E-state index in [0.29, 0.717) is 6.08 Å². The van der Waals surface area contributed by atoms with Crippen molar-refractivity contribution in [1.29, 1.82) is 0 Å². The Morgan fingerprint density at radius 3 is 1.53 bits per heavy atom. The maximum absolute atomic E-state index is 10.1. The van der Waals surface area contributed by atoms with E-state index < -0.39 is 19.8 Å². The Balaban J connectivity index is -0.0000000231. The fourth-order valence-corrected chi connectivity index (χ4v) is 0.464. The summed E-state index contributed by atoms with van der Waals surface area (Å²) in [6, 6.07) is 0. The molecule has 0 spiro atoms. The Kier molecular flexibility index (Phi) is 21.6. The van der Waals surface area contributed by atoms with Crippen molar-refractivity contribution in [3.05, 3.63) is 11.6 Å². The second kappa shape index (κ2) is 13.7. The first kappa shape index (κ1) is 26.8. The van der Waals surface area contributed by atoms with Crippen LogP contribution in [0, 0.1) is 0 Å². The number of carbonyl (C=O) groups is 2. The van der Waals surface area contributed by atoms with Gasteiger partial charge in [-0.2, -0.15) is 0 Å². The molecule has 0 aliphatic heterocycles. The van der Waals surface area contributed by atoms with Gasteiger partial charge in [-0.1, -0.05) is 6.92 Å². The van der Waals surface area contributed by atoms with Crippen molar-refractivity contribution in [2.75, 3.05) is 0 Å². The molecule has 0 aromatic rings. The van der Waals surface area contributed by atoms with Crippen LogP contribution in [0.4, 0.5) is 0 Å². The van der Waals surface area contributed by atoms with E-state index >= 15 is 0 Å². The van der Waals surface area contributed by atoms with Gasteiger partial charge in [0.25, 0.3) is 0 Å². The van der Waals surface area contributed by atoms with Crippen LogP contribution in [-0.2, 0) is 14.2 Å². The van der Waals surface area contributed by atoms with E-state index in [2.05, 4.69) is 0 Å². The normalized spacial score (nSPS) is 10.0. The first-order chi connectivity index (χ1) is 6.57. The minimum Gasteiger partial charge on any atom is -1.00 e. The van der Waals surface area contributed by atoms with Crippen LogP contribution >= 0.6 is 7.82 Å². The topological polar surface area (TPSA) is 152 Å². The fourth-order valence-electron chi connectivity index (χ4n) is 0.464. The van der Waals surface area contributed by atoms with Gasteiger partial charge in [0, 0.05) is 11.6 Å². The summed E-state index contributed by atoms with van der Waals surface area (Å²) in [5.74, 6) is -2.40. The zero-order valence-electron chi connectivity index (χ0n) is 13.1. The number of carboxylic acids is 2. The van der Waals surface area contributed by atoms with Gasteiger partial charge in [0.2, 0.25) is 0 Å². The Hall–Kier alpha value is 1.31.